The monoisotopic (exact) mass is 406 g/mol. The van der Waals surface area contributed by atoms with E-state index in [1.54, 1.807) is 49.4 Å². The second kappa shape index (κ2) is 8.67. The van der Waals surface area contributed by atoms with Gasteiger partial charge in [-0.25, -0.2) is 9.59 Å². The Morgan fingerprint density at radius 2 is 1.64 bits per heavy atom. The molecule has 6 heteroatoms. The molecule has 25 heavy (non-hydrogen) atoms. The fourth-order valence-electron chi connectivity index (χ4n) is 2.02. The highest BCUT2D eigenvalue weighted by atomic mass is 79.9. The SMILES string of the molecule is CCOC(=O)c1ccc(OC(=O)c2ccc(OC(C)C)c(Br)c2)cc1. The van der Waals surface area contributed by atoms with Crippen molar-refractivity contribution in [2.45, 2.75) is 26.9 Å². The largest absolute Gasteiger partial charge is 0.490 e. The minimum Gasteiger partial charge on any atom is -0.490 e. The Hall–Kier alpha value is -2.34. The summed E-state index contributed by atoms with van der Waals surface area (Å²) in [5.41, 5.74) is 0.789. The van der Waals surface area contributed by atoms with Crippen molar-refractivity contribution >= 4 is 27.9 Å². The third kappa shape index (κ3) is 5.32. The van der Waals surface area contributed by atoms with Crippen LogP contribution in [0.15, 0.2) is 46.9 Å². The van der Waals surface area contributed by atoms with Crippen molar-refractivity contribution in [3.8, 4) is 11.5 Å². The Morgan fingerprint density at radius 1 is 1.00 bits per heavy atom. The van der Waals surface area contributed by atoms with E-state index in [-0.39, 0.29) is 6.10 Å². The molecule has 0 amide bonds. The molecule has 0 spiro atoms. The number of benzene rings is 2. The average molecular weight is 407 g/mol. The first-order valence-electron chi connectivity index (χ1n) is 7.86. The van der Waals surface area contributed by atoms with Gasteiger partial charge in [-0.05, 0) is 79.2 Å². The van der Waals surface area contributed by atoms with Crippen LogP contribution < -0.4 is 9.47 Å². The maximum atomic E-state index is 12.2. The number of hydrogen-bond acceptors (Lipinski definition) is 5. The van der Waals surface area contributed by atoms with Gasteiger partial charge in [0, 0.05) is 0 Å². The fourth-order valence-corrected chi connectivity index (χ4v) is 2.49. The molecule has 0 heterocycles. The molecule has 0 aliphatic rings. The van der Waals surface area contributed by atoms with Gasteiger partial charge in [0.05, 0.1) is 28.3 Å². The zero-order chi connectivity index (χ0) is 18.4. The molecule has 2 rings (SSSR count). The van der Waals surface area contributed by atoms with Gasteiger partial charge in [-0.1, -0.05) is 0 Å². The van der Waals surface area contributed by atoms with Crippen LogP contribution in [-0.2, 0) is 4.74 Å². The summed E-state index contributed by atoms with van der Waals surface area (Å²) >= 11 is 3.39. The summed E-state index contributed by atoms with van der Waals surface area (Å²) in [6.45, 7) is 5.90. The van der Waals surface area contributed by atoms with Crippen LogP contribution >= 0.6 is 15.9 Å². The summed E-state index contributed by atoms with van der Waals surface area (Å²) in [6.07, 6.45) is 0.0343. The van der Waals surface area contributed by atoms with Gasteiger partial charge in [-0.3, -0.25) is 0 Å². The molecule has 0 aliphatic heterocycles. The second-order valence-corrected chi connectivity index (χ2v) is 6.30. The molecule has 2 aromatic carbocycles. The lowest BCUT2D eigenvalue weighted by Crippen LogP contribution is -2.10. The third-order valence-electron chi connectivity index (χ3n) is 3.11. The topological polar surface area (TPSA) is 61.8 Å². The highest BCUT2D eigenvalue weighted by Crippen LogP contribution is 2.27. The zero-order valence-corrected chi connectivity index (χ0v) is 15.8. The first-order valence-corrected chi connectivity index (χ1v) is 8.65. The standard InChI is InChI=1S/C19H19BrO5/c1-4-23-18(21)13-5-8-15(9-6-13)25-19(22)14-7-10-17(16(20)11-14)24-12(2)3/h5-12H,4H2,1-3H3. The lowest BCUT2D eigenvalue weighted by Gasteiger charge is -2.12. The molecule has 2 aromatic rings. The molecule has 0 saturated carbocycles. The van der Waals surface area contributed by atoms with Crippen LogP contribution in [0.1, 0.15) is 41.5 Å². The predicted octanol–water partition coefficient (Wildman–Crippen LogP) is 4.63. The highest BCUT2D eigenvalue weighted by Gasteiger charge is 2.13. The molecule has 0 aliphatic carbocycles. The minimum atomic E-state index is -0.499. The lowest BCUT2D eigenvalue weighted by molar-refractivity contribution is 0.0526. The maximum Gasteiger partial charge on any atom is 0.343 e. The summed E-state index contributed by atoms with van der Waals surface area (Å²) in [4.78, 5) is 23.8. The quantitative estimate of drug-likeness (QED) is 0.516. The predicted molar refractivity (Wildman–Crippen MR) is 97.3 cm³/mol. The summed E-state index contributed by atoms with van der Waals surface area (Å²) < 4.78 is 16.5. The van der Waals surface area contributed by atoms with Gasteiger partial charge in [0.2, 0.25) is 0 Å². The molecule has 0 N–H and O–H groups in total. The summed E-state index contributed by atoms with van der Waals surface area (Å²) in [5.74, 6) is 0.0905. The van der Waals surface area contributed by atoms with Crippen molar-refractivity contribution < 1.29 is 23.8 Å². The van der Waals surface area contributed by atoms with Gasteiger partial charge in [0.15, 0.2) is 0 Å². The lowest BCUT2D eigenvalue weighted by atomic mass is 10.2. The van der Waals surface area contributed by atoms with Gasteiger partial charge in [-0.2, -0.15) is 0 Å². The van der Waals surface area contributed by atoms with Crippen molar-refractivity contribution in [3.63, 3.8) is 0 Å². The molecule has 0 atom stereocenters. The Morgan fingerprint density at radius 3 is 2.20 bits per heavy atom. The van der Waals surface area contributed by atoms with E-state index in [1.165, 1.54) is 0 Å². The summed E-state index contributed by atoms with van der Waals surface area (Å²) in [5, 5.41) is 0. The van der Waals surface area contributed by atoms with Crippen LogP contribution in [0.2, 0.25) is 0 Å². The number of esters is 2. The Kier molecular flexibility index (Phi) is 6.58. The van der Waals surface area contributed by atoms with Crippen LogP contribution in [0, 0.1) is 0 Å². The van der Waals surface area contributed by atoms with E-state index in [0.717, 1.165) is 0 Å². The van der Waals surface area contributed by atoms with Crippen molar-refractivity contribution in [1.82, 2.24) is 0 Å². The Balaban J connectivity index is 2.06. The molecule has 0 bridgehead atoms. The van der Waals surface area contributed by atoms with Crippen molar-refractivity contribution in [3.05, 3.63) is 58.1 Å². The van der Waals surface area contributed by atoms with Crippen LogP contribution in [-0.4, -0.2) is 24.6 Å². The van der Waals surface area contributed by atoms with Gasteiger partial charge < -0.3 is 14.2 Å². The normalized spacial score (nSPS) is 10.4. The van der Waals surface area contributed by atoms with E-state index in [0.29, 0.717) is 33.7 Å². The van der Waals surface area contributed by atoms with Crippen LogP contribution in [0.3, 0.4) is 0 Å². The molecule has 0 saturated heterocycles. The average Bonchev–Trinajstić information content (AvgIpc) is 2.57. The van der Waals surface area contributed by atoms with Gasteiger partial charge in [0.25, 0.3) is 0 Å². The first kappa shape index (κ1) is 19.0. The van der Waals surface area contributed by atoms with Crippen molar-refractivity contribution in [2.24, 2.45) is 0 Å². The number of halogens is 1. The Labute approximate surface area is 155 Å². The van der Waals surface area contributed by atoms with E-state index in [9.17, 15) is 9.59 Å². The van der Waals surface area contributed by atoms with E-state index in [1.807, 2.05) is 13.8 Å². The molecule has 0 fully saturated rings. The van der Waals surface area contributed by atoms with E-state index in [4.69, 9.17) is 14.2 Å². The van der Waals surface area contributed by atoms with E-state index >= 15 is 0 Å². The number of carbonyl (C=O) groups is 2. The van der Waals surface area contributed by atoms with Crippen LogP contribution in [0.5, 0.6) is 11.5 Å². The first-order chi connectivity index (χ1) is 11.9. The smallest absolute Gasteiger partial charge is 0.343 e. The van der Waals surface area contributed by atoms with Crippen molar-refractivity contribution in [2.75, 3.05) is 6.61 Å². The molecule has 5 nitrogen and oxygen atoms in total. The number of rotatable bonds is 6. The summed E-state index contributed by atoms with van der Waals surface area (Å²) in [7, 11) is 0. The van der Waals surface area contributed by atoms with Crippen LogP contribution in [0.25, 0.3) is 0 Å². The van der Waals surface area contributed by atoms with Gasteiger partial charge in [-0.15, -0.1) is 0 Å². The van der Waals surface area contributed by atoms with Crippen LogP contribution in [0.4, 0.5) is 0 Å². The molecular weight excluding hydrogens is 388 g/mol. The zero-order valence-electron chi connectivity index (χ0n) is 14.2. The number of hydrogen-bond donors (Lipinski definition) is 0. The molecule has 0 radical (unpaired) electrons. The molecule has 0 unspecified atom stereocenters. The Bertz CT molecular complexity index is 753. The summed E-state index contributed by atoms with van der Waals surface area (Å²) in [6, 6.07) is 11.2. The van der Waals surface area contributed by atoms with Gasteiger partial charge in [0.1, 0.15) is 11.5 Å². The third-order valence-corrected chi connectivity index (χ3v) is 3.73. The van der Waals surface area contributed by atoms with Gasteiger partial charge >= 0.3 is 11.9 Å². The molecular formula is C19H19BrO5. The van der Waals surface area contributed by atoms with E-state index < -0.39 is 11.9 Å². The molecule has 132 valence electrons. The maximum absolute atomic E-state index is 12.2. The fraction of sp³-hybridized carbons (Fsp3) is 0.263. The van der Waals surface area contributed by atoms with Crippen molar-refractivity contribution in [1.29, 1.82) is 0 Å². The number of carbonyl (C=O) groups excluding carboxylic acids is 2. The second-order valence-electron chi connectivity index (χ2n) is 5.45. The highest BCUT2D eigenvalue weighted by molar-refractivity contribution is 9.10. The molecule has 0 aromatic heterocycles. The van der Waals surface area contributed by atoms with E-state index in [2.05, 4.69) is 15.9 Å². The number of ether oxygens (including phenoxy) is 3. The minimum absolute atomic E-state index is 0.0343.